The molecule has 0 fully saturated rings. The number of anilines is 2. The summed E-state index contributed by atoms with van der Waals surface area (Å²) in [6.45, 7) is 0. The van der Waals surface area contributed by atoms with Crippen LogP contribution in [-0.4, -0.2) is 36.2 Å². The van der Waals surface area contributed by atoms with Gasteiger partial charge in [0.2, 0.25) is 5.95 Å². The zero-order chi connectivity index (χ0) is 31.1. The normalized spacial score (nSPS) is 12.7. The number of hydrogen-bond acceptors (Lipinski definition) is 3. The van der Waals surface area contributed by atoms with Crippen molar-refractivity contribution in [3.63, 3.8) is 0 Å². The smallest absolute Gasteiger partial charge is 0.320 e. The largest absolute Gasteiger partial charge is 0.435 e. The van der Waals surface area contributed by atoms with Gasteiger partial charge in [-0.1, -0.05) is 6.07 Å². The lowest BCUT2D eigenvalue weighted by molar-refractivity contribution is -0.348. The third-order valence-corrected chi connectivity index (χ3v) is 6.23. The molecule has 3 rings (SSSR count). The van der Waals surface area contributed by atoms with Crippen LogP contribution in [0.4, 0.5) is 59.7 Å². The summed E-state index contributed by atoms with van der Waals surface area (Å²) in [5.41, 5.74) is -13.1. The Balaban J connectivity index is 2.04. The van der Waals surface area contributed by atoms with Crippen molar-refractivity contribution in [2.45, 2.75) is 24.2 Å². The van der Waals surface area contributed by atoms with Crippen molar-refractivity contribution in [2.75, 3.05) is 17.3 Å². The summed E-state index contributed by atoms with van der Waals surface area (Å²) in [7, 11) is 1.17. The van der Waals surface area contributed by atoms with Gasteiger partial charge in [0.25, 0.3) is 11.8 Å². The van der Waals surface area contributed by atoms with Crippen LogP contribution >= 0.6 is 15.9 Å². The van der Waals surface area contributed by atoms with Gasteiger partial charge in [-0.3, -0.25) is 9.59 Å². The number of alkyl halides is 10. The van der Waals surface area contributed by atoms with Crippen LogP contribution in [0, 0.1) is 5.95 Å². The van der Waals surface area contributed by atoms with Crippen molar-refractivity contribution in [2.24, 2.45) is 0 Å². The molecule has 17 heteroatoms. The number of halogens is 12. The molecular formula is C24H13BrF11N3O2. The molecule has 0 saturated heterocycles. The van der Waals surface area contributed by atoms with E-state index in [1.807, 2.05) is 0 Å². The van der Waals surface area contributed by atoms with Gasteiger partial charge in [-0.25, -0.2) is 9.37 Å². The maximum atomic E-state index is 14.5. The second-order valence-corrected chi connectivity index (χ2v) is 9.10. The number of pyridine rings is 1. The highest BCUT2D eigenvalue weighted by Crippen LogP contribution is 2.55. The van der Waals surface area contributed by atoms with Gasteiger partial charge in [-0.05, 0) is 58.4 Å². The van der Waals surface area contributed by atoms with Crippen LogP contribution in [0.25, 0.3) is 0 Å². The highest BCUT2D eigenvalue weighted by Gasteiger charge is 2.73. The molecule has 220 valence electrons. The fourth-order valence-corrected chi connectivity index (χ4v) is 4.09. The summed E-state index contributed by atoms with van der Waals surface area (Å²) >= 11 is 2.40. The molecule has 41 heavy (non-hydrogen) atoms. The zero-order valence-corrected chi connectivity index (χ0v) is 21.5. The second kappa shape index (κ2) is 10.9. The first-order valence-electron chi connectivity index (χ1n) is 10.7. The molecule has 2 aromatic carbocycles. The standard InChI is InChI=1S/C24H13BrF11N3O2/c1-39(20(41)14-6-3-7-37-18(14)26)13-5-2-4-11(8-13)19(40)38-17-15(22(28,29)30)9-12(10-16(17)25)21(27,23(31,32)33)24(34,35)36/h2-10H,1H3,(H,38,40). The van der Waals surface area contributed by atoms with E-state index < -0.39 is 80.4 Å². The highest BCUT2D eigenvalue weighted by atomic mass is 79.9. The van der Waals surface area contributed by atoms with Gasteiger partial charge in [-0.2, -0.15) is 43.9 Å². The van der Waals surface area contributed by atoms with E-state index in [2.05, 4.69) is 20.9 Å². The van der Waals surface area contributed by atoms with Gasteiger partial charge in [0.1, 0.15) is 0 Å². The van der Waals surface area contributed by atoms with Crippen molar-refractivity contribution in [1.29, 1.82) is 0 Å². The van der Waals surface area contributed by atoms with Crippen LogP contribution in [0.3, 0.4) is 0 Å². The van der Waals surface area contributed by atoms with Crippen molar-refractivity contribution in [1.82, 2.24) is 4.98 Å². The lowest BCUT2D eigenvalue weighted by Gasteiger charge is -2.31. The molecule has 0 bridgehead atoms. The molecule has 5 nitrogen and oxygen atoms in total. The Morgan fingerprint density at radius 1 is 0.878 bits per heavy atom. The third-order valence-electron chi connectivity index (χ3n) is 5.60. The van der Waals surface area contributed by atoms with E-state index in [9.17, 15) is 57.9 Å². The fraction of sp³-hybridized carbons (Fsp3) is 0.208. The van der Waals surface area contributed by atoms with Crippen LogP contribution in [-0.2, 0) is 11.8 Å². The molecule has 0 unspecified atom stereocenters. The Morgan fingerprint density at radius 3 is 2.02 bits per heavy atom. The topological polar surface area (TPSA) is 62.3 Å². The van der Waals surface area contributed by atoms with E-state index in [1.165, 1.54) is 25.2 Å². The molecule has 0 atom stereocenters. The first-order valence-corrected chi connectivity index (χ1v) is 11.5. The maximum Gasteiger partial charge on any atom is 0.435 e. The number of carbonyl (C=O) groups excluding carboxylic acids is 2. The number of nitrogens with one attached hydrogen (secondary N) is 1. The summed E-state index contributed by atoms with van der Waals surface area (Å²) in [6, 6.07) is 5.98. The lowest BCUT2D eigenvalue weighted by Crippen LogP contribution is -2.50. The zero-order valence-electron chi connectivity index (χ0n) is 19.9. The van der Waals surface area contributed by atoms with Crippen LogP contribution in [0.2, 0.25) is 0 Å². The van der Waals surface area contributed by atoms with Gasteiger partial charge < -0.3 is 10.2 Å². The predicted molar refractivity (Wildman–Crippen MR) is 125 cm³/mol. The van der Waals surface area contributed by atoms with Gasteiger partial charge in [0, 0.05) is 34.5 Å². The first-order chi connectivity index (χ1) is 18.7. The molecule has 0 saturated carbocycles. The minimum atomic E-state index is -6.69. The Labute approximate surface area is 231 Å². The predicted octanol–water partition coefficient (Wildman–Crippen LogP) is 7.82. The molecule has 3 aromatic rings. The average Bonchev–Trinajstić information content (AvgIpc) is 2.86. The molecule has 0 aliphatic heterocycles. The van der Waals surface area contributed by atoms with Gasteiger partial charge in [-0.15, -0.1) is 0 Å². The van der Waals surface area contributed by atoms with Gasteiger partial charge in [0.15, 0.2) is 0 Å². The van der Waals surface area contributed by atoms with Crippen molar-refractivity contribution < 1.29 is 57.9 Å². The first kappa shape index (κ1) is 31.8. The monoisotopic (exact) mass is 663 g/mol. The van der Waals surface area contributed by atoms with E-state index >= 15 is 0 Å². The minimum absolute atomic E-state index is 0.0612. The van der Waals surface area contributed by atoms with E-state index in [1.54, 1.807) is 5.32 Å². The number of carbonyl (C=O) groups is 2. The lowest BCUT2D eigenvalue weighted by atomic mass is 9.92. The van der Waals surface area contributed by atoms with E-state index in [4.69, 9.17) is 0 Å². The molecule has 0 aliphatic carbocycles. The molecule has 0 spiro atoms. The number of rotatable bonds is 5. The number of amides is 2. The summed E-state index contributed by atoms with van der Waals surface area (Å²) in [6.07, 6.45) is -18.0. The Morgan fingerprint density at radius 2 is 1.49 bits per heavy atom. The molecule has 2 amide bonds. The van der Waals surface area contributed by atoms with E-state index in [0.29, 0.717) is 0 Å². The number of hydrogen-bond donors (Lipinski definition) is 1. The van der Waals surface area contributed by atoms with Crippen LogP contribution < -0.4 is 10.2 Å². The molecule has 1 N–H and O–H groups in total. The highest BCUT2D eigenvalue weighted by molar-refractivity contribution is 9.10. The van der Waals surface area contributed by atoms with Crippen LogP contribution in [0.15, 0.2) is 59.2 Å². The van der Waals surface area contributed by atoms with E-state index in [0.717, 1.165) is 29.3 Å². The molecule has 1 aromatic heterocycles. The van der Waals surface area contributed by atoms with Crippen LogP contribution in [0.1, 0.15) is 31.8 Å². The molecule has 0 aliphatic rings. The summed E-state index contributed by atoms with van der Waals surface area (Å²) in [5.74, 6) is -3.38. The number of nitrogens with zero attached hydrogens (tertiary/aromatic N) is 2. The second-order valence-electron chi connectivity index (χ2n) is 8.24. The van der Waals surface area contributed by atoms with Gasteiger partial charge in [0.05, 0.1) is 16.8 Å². The summed E-state index contributed by atoms with van der Waals surface area (Å²) < 4.78 is 147. The minimum Gasteiger partial charge on any atom is -0.320 e. The maximum absolute atomic E-state index is 14.5. The molecule has 1 heterocycles. The van der Waals surface area contributed by atoms with Crippen LogP contribution in [0.5, 0.6) is 0 Å². The molecule has 0 radical (unpaired) electrons. The van der Waals surface area contributed by atoms with E-state index in [-0.39, 0.29) is 11.8 Å². The summed E-state index contributed by atoms with van der Waals surface area (Å²) in [4.78, 5) is 29.6. The third kappa shape index (κ3) is 6.13. The van der Waals surface area contributed by atoms with Crippen molar-refractivity contribution in [3.8, 4) is 0 Å². The van der Waals surface area contributed by atoms with Gasteiger partial charge >= 0.3 is 24.2 Å². The summed E-state index contributed by atoms with van der Waals surface area (Å²) in [5, 5.41) is 1.73. The van der Waals surface area contributed by atoms with Crippen molar-refractivity contribution in [3.05, 3.63) is 87.4 Å². The molecular weight excluding hydrogens is 651 g/mol. The Hall–Kier alpha value is -3.76. The number of benzene rings is 2. The quantitative estimate of drug-likeness (QED) is 0.224. The average molecular weight is 664 g/mol. The van der Waals surface area contributed by atoms with Crippen molar-refractivity contribution >= 4 is 39.1 Å². The fourth-order valence-electron chi connectivity index (χ4n) is 3.53. The number of aromatic nitrogens is 1. The SMILES string of the molecule is CN(C(=O)c1cccnc1F)c1cccc(C(=O)Nc2c(Br)cc(C(F)(C(F)(F)F)C(F)(F)F)cc2C(F)(F)F)c1. The Bertz CT molecular complexity index is 1470. The Kier molecular flexibility index (Phi) is 8.45.